The minimum atomic E-state index is -2.63. The van der Waals surface area contributed by atoms with Gasteiger partial charge in [0, 0.05) is 17.1 Å². The lowest BCUT2D eigenvalue weighted by atomic mass is 10.1. The number of aromatic nitrogens is 1. The van der Waals surface area contributed by atoms with Crippen molar-refractivity contribution in [2.24, 2.45) is 0 Å². The standard InChI is InChI=1S/C7H6BrClF2N2/c8-1-3-2-13-6(9)5(12)4(3)7(10)11/h2,7H,1,12H2. The van der Waals surface area contributed by atoms with Crippen LogP contribution in [0.25, 0.3) is 0 Å². The fourth-order valence-electron chi connectivity index (χ4n) is 0.922. The van der Waals surface area contributed by atoms with E-state index >= 15 is 0 Å². The molecule has 0 spiro atoms. The van der Waals surface area contributed by atoms with Gasteiger partial charge in [0.2, 0.25) is 0 Å². The number of halogens is 4. The van der Waals surface area contributed by atoms with Gasteiger partial charge in [0.15, 0.2) is 5.15 Å². The van der Waals surface area contributed by atoms with Crippen LogP contribution in [0.4, 0.5) is 14.5 Å². The molecule has 13 heavy (non-hydrogen) atoms. The molecule has 0 amide bonds. The Bertz CT molecular complexity index is 320. The van der Waals surface area contributed by atoms with Crippen LogP contribution in [0.3, 0.4) is 0 Å². The third kappa shape index (κ3) is 2.08. The van der Waals surface area contributed by atoms with Crippen molar-refractivity contribution < 1.29 is 8.78 Å². The van der Waals surface area contributed by atoms with Crippen LogP contribution in [0.15, 0.2) is 6.20 Å². The van der Waals surface area contributed by atoms with Gasteiger partial charge in [0.1, 0.15) is 0 Å². The summed E-state index contributed by atoms with van der Waals surface area (Å²) < 4.78 is 24.9. The number of anilines is 1. The zero-order valence-corrected chi connectivity index (χ0v) is 8.74. The molecule has 0 aromatic carbocycles. The molecule has 1 aromatic heterocycles. The molecule has 0 unspecified atom stereocenters. The molecule has 0 aliphatic heterocycles. The van der Waals surface area contributed by atoms with Crippen LogP contribution in [0.5, 0.6) is 0 Å². The Morgan fingerprint density at radius 3 is 2.69 bits per heavy atom. The lowest BCUT2D eigenvalue weighted by Gasteiger charge is -2.09. The maximum Gasteiger partial charge on any atom is 0.266 e. The molecule has 0 radical (unpaired) electrons. The van der Waals surface area contributed by atoms with Gasteiger partial charge in [-0.15, -0.1) is 0 Å². The summed E-state index contributed by atoms with van der Waals surface area (Å²) in [6.07, 6.45) is -1.34. The minimum Gasteiger partial charge on any atom is -0.396 e. The number of hydrogen-bond acceptors (Lipinski definition) is 2. The molecular weight excluding hydrogens is 265 g/mol. The fourth-order valence-corrected chi connectivity index (χ4v) is 1.52. The first kappa shape index (κ1) is 10.7. The largest absolute Gasteiger partial charge is 0.396 e. The van der Waals surface area contributed by atoms with Crippen molar-refractivity contribution in [3.05, 3.63) is 22.5 Å². The Balaban J connectivity index is 3.32. The predicted molar refractivity (Wildman–Crippen MR) is 51.2 cm³/mol. The number of nitrogen functional groups attached to an aromatic ring is 1. The van der Waals surface area contributed by atoms with E-state index in [1.165, 1.54) is 6.20 Å². The molecule has 0 saturated heterocycles. The number of nitrogens with zero attached hydrogens (tertiary/aromatic N) is 1. The third-order valence-corrected chi connectivity index (χ3v) is 2.46. The summed E-state index contributed by atoms with van der Waals surface area (Å²) in [5, 5.41) is 0.195. The van der Waals surface area contributed by atoms with Crippen molar-refractivity contribution >= 4 is 33.2 Å². The van der Waals surface area contributed by atoms with Crippen molar-refractivity contribution in [3.8, 4) is 0 Å². The fraction of sp³-hybridized carbons (Fsp3) is 0.286. The van der Waals surface area contributed by atoms with Crippen molar-refractivity contribution in [3.63, 3.8) is 0 Å². The van der Waals surface area contributed by atoms with Crippen LogP contribution in [0.2, 0.25) is 5.15 Å². The second-order valence-corrected chi connectivity index (χ2v) is 3.25. The van der Waals surface area contributed by atoms with Gasteiger partial charge in [-0.05, 0) is 5.56 Å². The molecule has 0 aliphatic rings. The third-order valence-electron chi connectivity index (χ3n) is 1.55. The predicted octanol–water partition coefficient (Wildman–Crippen LogP) is 3.15. The smallest absolute Gasteiger partial charge is 0.266 e. The van der Waals surface area contributed by atoms with E-state index in [0.29, 0.717) is 5.56 Å². The highest BCUT2D eigenvalue weighted by molar-refractivity contribution is 9.08. The summed E-state index contributed by atoms with van der Waals surface area (Å²) in [7, 11) is 0. The van der Waals surface area contributed by atoms with Crippen LogP contribution in [-0.4, -0.2) is 4.98 Å². The number of nitrogens with two attached hydrogens (primary N) is 1. The molecule has 0 atom stereocenters. The van der Waals surface area contributed by atoms with Gasteiger partial charge in [-0.2, -0.15) is 0 Å². The quantitative estimate of drug-likeness (QED) is 0.663. The minimum absolute atomic E-state index is 0.0833. The van der Waals surface area contributed by atoms with Crippen molar-refractivity contribution in [1.82, 2.24) is 4.98 Å². The van der Waals surface area contributed by atoms with Gasteiger partial charge in [0.25, 0.3) is 6.43 Å². The molecule has 1 heterocycles. The number of hydrogen-bond donors (Lipinski definition) is 1. The van der Waals surface area contributed by atoms with Gasteiger partial charge >= 0.3 is 0 Å². The van der Waals surface area contributed by atoms with Crippen LogP contribution in [0, 0.1) is 0 Å². The molecule has 2 nitrogen and oxygen atoms in total. The van der Waals surface area contributed by atoms with Crippen LogP contribution < -0.4 is 5.73 Å². The maximum atomic E-state index is 12.5. The molecule has 0 bridgehead atoms. The molecular formula is C7H6BrClF2N2. The highest BCUT2D eigenvalue weighted by Crippen LogP contribution is 2.32. The average Bonchev–Trinajstić information content (AvgIpc) is 2.08. The second kappa shape index (κ2) is 4.19. The zero-order chi connectivity index (χ0) is 10.0. The van der Waals surface area contributed by atoms with E-state index in [1.807, 2.05) is 0 Å². The Morgan fingerprint density at radius 1 is 1.62 bits per heavy atom. The zero-order valence-electron chi connectivity index (χ0n) is 6.40. The van der Waals surface area contributed by atoms with Gasteiger partial charge in [-0.25, -0.2) is 13.8 Å². The summed E-state index contributed by atoms with van der Waals surface area (Å²) >= 11 is 8.57. The Kier molecular flexibility index (Phi) is 3.44. The van der Waals surface area contributed by atoms with Crippen LogP contribution in [0.1, 0.15) is 17.6 Å². The van der Waals surface area contributed by atoms with Gasteiger partial charge in [-0.3, -0.25) is 0 Å². The van der Waals surface area contributed by atoms with Crippen LogP contribution in [-0.2, 0) is 5.33 Å². The van der Waals surface area contributed by atoms with Crippen molar-refractivity contribution in [2.75, 3.05) is 5.73 Å². The van der Waals surface area contributed by atoms with E-state index in [4.69, 9.17) is 17.3 Å². The second-order valence-electron chi connectivity index (χ2n) is 2.34. The SMILES string of the molecule is Nc1c(Cl)ncc(CBr)c1C(F)F. The molecule has 2 N–H and O–H groups in total. The molecule has 0 aliphatic carbocycles. The average molecular weight is 271 g/mol. The normalized spacial score (nSPS) is 10.8. The summed E-state index contributed by atoms with van der Waals surface area (Å²) in [5.41, 5.74) is 5.34. The van der Waals surface area contributed by atoms with E-state index in [-0.39, 0.29) is 21.7 Å². The van der Waals surface area contributed by atoms with Gasteiger partial charge < -0.3 is 5.73 Å². The number of rotatable bonds is 2. The maximum absolute atomic E-state index is 12.5. The molecule has 1 aromatic rings. The lowest BCUT2D eigenvalue weighted by molar-refractivity contribution is 0.151. The first-order valence-corrected chi connectivity index (χ1v) is 4.84. The molecule has 0 saturated carbocycles. The summed E-state index contributed by atoms with van der Waals surface area (Å²) in [6, 6.07) is 0. The summed E-state index contributed by atoms with van der Waals surface area (Å²) in [4.78, 5) is 3.67. The number of alkyl halides is 3. The van der Waals surface area contributed by atoms with Crippen molar-refractivity contribution in [1.29, 1.82) is 0 Å². The Hall–Kier alpha value is -0.420. The van der Waals surface area contributed by atoms with E-state index in [1.54, 1.807) is 0 Å². The van der Waals surface area contributed by atoms with E-state index in [0.717, 1.165) is 0 Å². The molecule has 1 rings (SSSR count). The first-order valence-electron chi connectivity index (χ1n) is 3.34. The summed E-state index contributed by atoms with van der Waals surface area (Å²) in [5.74, 6) is 0. The molecule has 0 fully saturated rings. The number of pyridine rings is 1. The van der Waals surface area contributed by atoms with Gasteiger partial charge in [0.05, 0.1) is 5.69 Å². The highest BCUT2D eigenvalue weighted by Gasteiger charge is 2.18. The van der Waals surface area contributed by atoms with E-state index in [2.05, 4.69) is 20.9 Å². The Morgan fingerprint density at radius 2 is 2.23 bits per heavy atom. The van der Waals surface area contributed by atoms with E-state index in [9.17, 15) is 8.78 Å². The monoisotopic (exact) mass is 270 g/mol. The van der Waals surface area contributed by atoms with Crippen molar-refractivity contribution in [2.45, 2.75) is 11.8 Å². The highest BCUT2D eigenvalue weighted by atomic mass is 79.9. The van der Waals surface area contributed by atoms with Crippen LogP contribution >= 0.6 is 27.5 Å². The van der Waals surface area contributed by atoms with Gasteiger partial charge in [-0.1, -0.05) is 27.5 Å². The summed E-state index contributed by atoms with van der Waals surface area (Å²) in [6.45, 7) is 0. The Labute approximate surface area is 87.2 Å². The van der Waals surface area contributed by atoms with E-state index < -0.39 is 6.43 Å². The first-order chi connectivity index (χ1) is 6.07. The molecule has 6 heteroatoms. The molecule has 72 valence electrons. The lowest BCUT2D eigenvalue weighted by Crippen LogP contribution is -2.02. The topological polar surface area (TPSA) is 38.9 Å².